The third kappa shape index (κ3) is 3.32. The topological polar surface area (TPSA) is 64.1 Å². The summed E-state index contributed by atoms with van der Waals surface area (Å²) in [6.45, 7) is 3.96. The summed E-state index contributed by atoms with van der Waals surface area (Å²) in [6.07, 6.45) is 3.39. The summed E-state index contributed by atoms with van der Waals surface area (Å²) in [5.74, 6) is 0.889. The maximum Gasteiger partial charge on any atom is 0.231 e. The van der Waals surface area contributed by atoms with E-state index in [-0.39, 0.29) is 12.3 Å². The molecule has 0 atom stereocenters. The molecule has 0 fully saturated rings. The van der Waals surface area contributed by atoms with Gasteiger partial charge in [0.1, 0.15) is 5.75 Å². The molecule has 2 aromatic rings. The molecule has 0 bridgehead atoms. The first-order valence-corrected chi connectivity index (χ1v) is 6.31. The average Bonchev–Trinajstić information content (AvgIpc) is 2.39. The number of hydrogen-bond donors (Lipinski definition) is 1. The highest BCUT2D eigenvalue weighted by Crippen LogP contribution is 2.25. The molecule has 0 aliphatic rings. The summed E-state index contributed by atoms with van der Waals surface area (Å²) in [7, 11) is 1.61. The van der Waals surface area contributed by atoms with Crippen LogP contribution in [0.25, 0.3) is 0 Å². The minimum Gasteiger partial charge on any atom is -0.496 e. The van der Waals surface area contributed by atoms with Gasteiger partial charge in [0.2, 0.25) is 11.9 Å². The summed E-state index contributed by atoms with van der Waals surface area (Å²) in [6, 6.07) is 5.68. The average molecular weight is 271 g/mol. The van der Waals surface area contributed by atoms with Crippen LogP contribution in [0.3, 0.4) is 0 Å². The molecule has 1 aromatic heterocycles. The first-order valence-electron chi connectivity index (χ1n) is 6.31. The van der Waals surface area contributed by atoms with Crippen molar-refractivity contribution in [1.29, 1.82) is 0 Å². The van der Waals surface area contributed by atoms with Crippen LogP contribution in [0.2, 0.25) is 0 Å². The number of carbonyl (C=O) groups is 1. The molecule has 0 unspecified atom stereocenters. The first-order chi connectivity index (χ1) is 9.60. The highest BCUT2D eigenvalue weighted by molar-refractivity contribution is 5.91. The van der Waals surface area contributed by atoms with E-state index < -0.39 is 0 Å². The van der Waals surface area contributed by atoms with Crippen LogP contribution in [0.5, 0.6) is 5.75 Å². The number of aromatic nitrogens is 2. The summed E-state index contributed by atoms with van der Waals surface area (Å²) in [4.78, 5) is 20.0. The number of rotatable bonds is 4. The second-order valence-electron chi connectivity index (χ2n) is 4.57. The number of nitrogens with zero attached hydrogens (tertiary/aromatic N) is 2. The van der Waals surface area contributed by atoms with E-state index >= 15 is 0 Å². The maximum atomic E-state index is 12.0. The van der Waals surface area contributed by atoms with Gasteiger partial charge in [-0.25, -0.2) is 9.97 Å². The summed E-state index contributed by atoms with van der Waals surface area (Å²) >= 11 is 0. The van der Waals surface area contributed by atoms with Gasteiger partial charge < -0.3 is 4.74 Å². The molecule has 0 aliphatic carbocycles. The van der Waals surface area contributed by atoms with Crippen molar-refractivity contribution in [2.75, 3.05) is 12.4 Å². The lowest BCUT2D eigenvalue weighted by Gasteiger charge is -2.12. The number of ether oxygens (including phenoxy) is 1. The van der Waals surface area contributed by atoms with Gasteiger partial charge >= 0.3 is 0 Å². The van der Waals surface area contributed by atoms with Gasteiger partial charge in [0.05, 0.1) is 13.5 Å². The molecule has 1 heterocycles. The van der Waals surface area contributed by atoms with E-state index in [4.69, 9.17) is 4.74 Å². The number of nitrogens with one attached hydrogen (secondary N) is 1. The number of hydrogen-bond acceptors (Lipinski definition) is 4. The zero-order valence-corrected chi connectivity index (χ0v) is 11.8. The van der Waals surface area contributed by atoms with E-state index in [1.165, 1.54) is 0 Å². The largest absolute Gasteiger partial charge is 0.496 e. The van der Waals surface area contributed by atoms with Gasteiger partial charge in [0, 0.05) is 18.0 Å². The van der Waals surface area contributed by atoms with Crippen molar-refractivity contribution >= 4 is 11.9 Å². The van der Waals surface area contributed by atoms with Crippen LogP contribution in [0.1, 0.15) is 16.7 Å². The monoisotopic (exact) mass is 271 g/mol. The van der Waals surface area contributed by atoms with Gasteiger partial charge in [0.15, 0.2) is 0 Å². The fraction of sp³-hybridized carbons (Fsp3) is 0.267. The molecular formula is C15H17N3O2. The third-order valence-electron chi connectivity index (χ3n) is 2.87. The van der Waals surface area contributed by atoms with Gasteiger partial charge in [-0.1, -0.05) is 17.7 Å². The second-order valence-corrected chi connectivity index (χ2v) is 4.57. The van der Waals surface area contributed by atoms with Crippen molar-refractivity contribution in [3.05, 3.63) is 47.3 Å². The van der Waals surface area contributed by atoms with Crippen LogP contribution in [0.4, 0.5) is 5.95 Å². The molecule has 0 spiro atoms. The number of carbonyl (C=O) groups excluding carboxylic acids is 1. The van der Waals surface area contributed by atoms with Gasteiger partial charge in [-0.15, -0.1) is 0 Å². The number of methoxy groups -OCH3 is 1. The Morgan fingerprint density at radius 2 is 1.95 bits per heavy atom. The molecule has 104 valence electrons. The van der Waals surface area contributed by atoms with Crippen molar-refractivity contribution in [2.24, 2.45) is 0 Å². The molecule has 1 amide bonds. The second kappa shape index (κ2) is 6.14. The maximum absolute atomic E-state index is 12.0. The van der Waals surface area contributed by atoms with E-state index in [1.54, 1.807) is 25.6 Å². The molecule has 5 heteroatoms. The predicted octanol–water partition coefficient (Wildman–Crippen LogP) is 2.28. The van der Waals surface area contributed by atoms with Crippen LogP contribution >= 0.6 is 0 Å². The Balaban J connectivity index is 2.15. The van der Waals surface area contributed by atoms with Crippen molar-refractivity contribution < 1.29 is 9.53 Å². The molecule has 0 aliphatic heterocycles. The highest BCUT2D eigenvalue weighted by atomic mass is 16.5. The van der Waals surface area contributed by atoms with Crippen LogP contribution in [-0.2, 0) is 11.2 Å². The number of benzene rings is 1. The van der Waals surface area contributed by atoms with Gasteiger partial charge in [-0.2, -0.15) is 0 Å². The smallest absolute Gasteiger partial charge is 0.231 e. The number of anilines is 1. The fourth-order valence-electron chi connectivity index (χ4n) is 2.17. The highest BCUT2D eigenvalue weighted by Gasteiger charge is 2.12. The molecule has 0 saturated carbocycles. The Kier molecular flexibility index (Phi) is 4.30. The summed E-state index contributed by atoms with van der Waals surface area (Å²) in [5, 5.41) is 2.66. The minimum absolute atomic E-state index is 0.167. The molecule has 5 nitrogen and oxygen atoms in total. The molecule has 0 radical (unpaired) electrons. The summed E-state index contributed by atoms with van der Waals surface area (Å²) < 4.78 is 5.37. The fourth-order valence-corrected chi connectivity index (χ4v) is 2.17. The van der Waals surface area contributed by atoms with Gasteiger partial charge in [0.25, 0.3) is 0 Å². The minimum atomic E-state index is -0.167. The van der Waals surface area contributed by atoms with E-state index in [2.05, 4.69) is 15.3 Å². The van der Waals surface area contributed by atoms with Gasteiger partial charge in [-0.3, -0.25) is 10.1 Å². The van der Waals surface area contributed by atoms with Gasteiger partial charge in [-0.05, 0) is 25.5 Å². The lowest BCUT2D eigenvalue weighted by atomic mass is 10.0. The van der Waals surface area contributed by atoms with Crippen LogP contribution in [-0.4, -0.2) is 23.0 Å². The standard InChI is InChI=1S/C15H17N3O2/c1-10-7-11(2)14(20-3)12(8-10)9-13(19)18-15-16-5-4-6-17-15/h4-8H,9H2,1-3H3,(H,16,17,18,19). The normalized spacial score (nSPS) is 10.2. The summed E-state index contributed by atoms with van der Waals surface area (Å²) in [5.41, 5.74) is 2.98. The Bertz CT molecular complexity index is 612. The third-order valence-corrected chi connectivity index (χ3v) is 2.87. The lowest BCUT2D eigenvalue weighted by molar-refractivity contribution is -0.115. The molecular weight excluding hydrogens is 254 g/mol. The molecule has 1 N–H and O–H groups in total. The number of amides is 1. The number of aryl methyl sites for hydroxylation is 2. The van der Waals surface area contributed by atoms with Crippen molar-refractivity contribution in [3.63, 3.8) is 0 Å². The first kappa shape index (κ1) is 14.0. The van der Waals surface area contributed by atoms with Crippen molar-refractivity contribution in [1.82, 2.24) is 9.97 Å². The van der Waals surface area contributed by atoms with E-state index in [1.807, 2.05) is 26.0 Å². The predicted molar refractivity (Wildman–Crippen MR) is 76.8 cm³/mol. The van der Waals surface area contributed by atoms with Crippen LogP contribution in [0, 0.1) is 13.8 Å². The zero-order valence-electron chi connectivity index (χ0n) is 11.8. The Morgan fingerprint density at radius 1 is 1.25 bits per heavy atom. The lowest BCUT2D eigenvalue weighted by Crippen LogP contribution is -2.17. The van der Waals surface area contributed by atoms with E-state index in [0.29, 0.717) is 5.95 Å². The van der Waals surface area contributed by atoms with E-state index in [9.17, 15) is 4.79 Å². The molecule has 20 heavy (non-hydrogen) atoms. The Labute approximate surface area is 118 Å². The quantitative estimate of drug-likeness (QED) is 0.926. The SMILES string of the molecule is COc1c(C)cc(C)cc1CC(=O)Nc1ncccn1. The zero-order chi connectivity index (χ0) is 14.5. The van der Waals surface area contributed by atoms with E-state index in [0.717, 1.165) is 22.4 Å². The van der Waals surface area contributed by atoms with Crippen LogP contribution in [0.15, 0.2) is 30.6 Å². The molecule has 1 aromatic carbocycles. The Morgan fingerprint density at radius 3 is 2.60 bits per heavy atom. The Hall–Kier alpha value is -2.43. The van der Waals surface area contributed by atoms with Crippen molar-refractivity contribution in [3.8, 4) is 5.75 Å². The van der Waals surface area contributed by atoms with Crippen LogP contribution < -0.4 is 10.1 Å². The molecule has 0 saturated heterocycles. The molecule has 2 rings (SSSR count). The van der Waals surface area contributed by atoms with Crippen molar-refractivity contribution in [2.45, 2.75) is 20.3 Å².